The van der Waals surface area contributed by atoms with E-state index in [1.54, 1.807) is 12.1 Å². The first-order valence-electron chi connectivity index (χ1n) is 8.00. The Bertz CT molecular complexity index is 733. The molecule has 2 amide bonds. The average molecular weight is 330 g/mol. The van der Waals surface area contributed by atoms with Crippen LogP contribution in [0.3, 0.4) is 0 Å². The van der Waals surface area contributed by atoms with E-state index in [2.05, 4.69) is 5.32 Å². The van der Waals surface area contributed by atoms with Crippen molar-refractivity contribution in [2.45, 2.75) is 31.7 Å². The lowest BCUT2D eigenvalue weighted by Gasteiger charge is -2.25. The second-order valence-electron chi connectivity index (χ2n) is 6.08. The van der Waals surface area contributed by atoms with Gasteiger partial charge in [-0.15, -0.1) is 0 Å². The van der Waals surface area contributed by atoms with E-state index < -0.39 is 11.8 Å². The summed E-state index contributed by atoms with van der Waals surface area (Å²) in [5.41, 5.74) is 5.99. The third kappa shape index (κ3) is 3.48. The Labute approximate surface area is 139 Å². The summed E-state index contributed by atoms with van der Waals surface area (Å²) in [5.74, 6) is -1.17. The lowest BCUT2D eigenvalue weighted by molar-refractivity contribution is 0.0886. The van der Waals surface area contributed by atoms with E-state index in [1.807, 2.05) is 0 Å². The van der Waals surface area contributed by atoms with Crippen molar-refractivity contribution in [3.05, 3.63) is 59.3 Å². The second-order valence-corrected chi connectivity index (χ2v) is 6.08. The molecule has 1 aromatic carbocycles. The molecule has 1 unspecified atom stereocenters. The summed E-state index contributed by atoms with van der Waals surface area (Å²) < 4.78 is 18.4. The van der Waals surface area contributed by atoms with Gasteiger partial charge in [0.05, 0.1) is 6.04 Å². The number of hydrogen-bond acceptors (Lipinski definition) is 3. The molecule has 0 aliphatic heterocycles. The quantitative estimate of drug-likeness (QED) is 0.883. The molecule has 1 atom stereocenters. The fraction of sp³-hybridized carbons (Fsp3) is 0.333. The molecule has 3 rings (SSSR count). The molecule has 0 bridgehead atoms. The number of halogens is 1. The summed E-state index contributed by atoms with van der Waals surface area (Å²) in [4.78, 5) is 23.5. The van der Waals surface area contributed by atoms with Gasteiger partial charge in [-0.25, -0.2) is 4.39 Å². The van der Waals surface area contributed by atoms with Gasteiger partial charge in [0, 0.05) is 0 Å². The zero-order valence-electron chi connectivity index (χ0n) is 13.1. The molecule has 1 heterocycles. The van der Waals surface area contributed by atoms with E-state index in [4.69, 9.17) is 10.2 Å². The Morgan fingerprint density at radius 3 is 2.29 bits per heavy atom. The maximum atomic E-state index is 13.2. The Kier molecular flexibility index (Phi) is 4.64. The molecule has 3 N–H and O–H groups in total. The summed E-state index contributed by atoms with van der Waals surface area (Å²) >= 11 is 0. The molecule has 0 spiro atoms. The molecule has 2 aromatic rings. The first-order chi connectivity index (χ1) is 11.5. The van der Waals surface area contributed by atoms with Gasteiger partial charge in [-0.05, 0) is 48.6 Å². The molecular weight excluding hydrogens is 311 g/mol. The zero-order chi connectivity index (χ0) is 17.1. The maximum Gasteiger partial charge on any atom is 0.287 e. The minimum atomic E-state index is -0.722. The highest BCUT2D eigenvalue weighted by Gasteiger charge is 2.29. The van der Waals surface area contributed by atoms with Crippen molar-refractivity contribution < 1.29 is 18.4 Å². The molecule has 24 heavy (non-hydrogen) atoms. The molecular formula is C18H19FN2O3. The van der Waals surface area contributed by atoms with E-state index in [0.717, 1.165) is 31.2 Å². The molecule has 6 heteroatoms. The van der Waals surface area contributed by atoms with Crippen LogP contribution in [-0.2, 0) is 0 Å². The van der Waals surface area contributed by atoms with Crippen LogP contribution in [0.15, 0.2) is 40.8 Å². The van der Waals surface area contributed by atoms with Gasteiger partial charge in [-0.2, -0.15) is 0 Å². The van der Waals surface area contributed by atoms with Gasteiger partial charge >= 0.3 is 0 Å². The first kappa shape index (κ1) is 16.2. The van der Waals surface area contributed by atoms with Crippen LogP contribution < -0.4 is 11.1 Å². The molecule has 1 aliphatic carbocycles. The van der Waals surface area contributed by atoms with Crippen LogP contribution >= 0.6 is 0 Å². The third-order valence-corrected chi connectivity index (χ3v) is 4.46. The number of primary amides is 1. The lowest BCUT2D eigenvalue weighted by atomic mass is 9.91. The number of nitrogens with one attached hydrogen (secondary N) is 1. The zero-order valence-corrected chi connectivity index (χ0v) is 13.1. The van der Waals surface area contributed by atoms with Gasteiger partial charge in [0.2, 0.25) is 0 Å². The standard InChI is InChI=1S/C18H19FN2O3/c19-13-7-5-12(6-8-13)16(11-3-1-2-4-11)21-18(23)15-10-9-14(24-15)17(20)22/h5-11,16H,1-4H2,(H2,20,22)(H,21,23). The SMILES string of the molecule is NC(=O)c1ccc(C(=O)NC(c2ccc(F)cc2)C2CCCC2)o1. The van der Waals surface area contributed by atoms with Crippen molar-refractivity contribution in [3.63, 3.8) is 0 Å². The van der Waals surface area contributed by atoms with Crippen molar-refractivity contribution in [3.8, 4) is 0 Å². The van der Waals surface area contributed by atoms with Crippen molar-refractivity contribution >= 4 is 11.8 Å². The number of carbonyl (C=O) groups is 2. The summed E-state index contributed by atoms with van der Waals surface area (Å²) in [6, 6.07) is 8.74. The van der Waals surface area contributed by atoms with Gasteiger partial charge in [-0.1, -0.05) is 25.0 Å². The molecule has 1 fully saturated rings. The van der Waals surface area contributed by atoms with Gasteiger partial charge < -0.3 is 15.5 Å². The predicted octanol–water partition coefficient (Wildman–Crippen LogP) is 3.18. The minimum Gasteiger partial charge on any atom is -0.446 e. The number of hydrogen-bond donors (Lipinski definition) is 2. The van der Waals surface area contributed by atoms with Crippen LogP contribution in [0.5, 0.6) is 0 Å². The van der Waals surface area contributed by atoms with Crippen molar-refractivity contribution in [1.82, 2.24) is 5.32 Å². The van der Waals surface area contributed by atoms with Crippen LogP contribution in [0.4, 0.5) is 4.39 Å². The number of amides is 2. The van der Waals surface area contributed by atoms with Gasteiger partial charge in [-0.3, -0.25) is 9.59 Å². The fourth-order valence-electron chi connectivity index (χ4n) is 3.24. The predicted molar refractivity (Wildman–Crippen MR) is 85.8 cm³/mol. The van der Waals surface area contributed by atoms with Crippen LogP contribution in [0, 0.1) is 11.7 Å². The normalized spacial score (nSPS) is 16.0. The van der Waals surface area contributed by atoms with E-state index >= 15 is 0 Å². The van der Waals surface area contributed by atoms with E-state index in [-0.39, 0.29) is 23.4 Å². The van der Waals surface area contributed by atoms with Crippen LogP contribution in [0.25, 0.3) is 0 Å². The molecule has 5 nitrogen and oxygen atoms in total. The third-order valence-electron chi connectivity index (χ3n) is 4.46. The molecule has 1 aromatic heterocycles. The average Bonchev–Trinajstić information content (AvgIpc) is 3.25. The van der Waals surface area contributed by atoms with E-state index in [9.17, 15) is 14.0 Å². The van der Waals surface area contributed by atoms with Crippen LogP contribution in [-0.4, -0.2) is 11.8 Å². The van der Waals surface area contributed by atoms with Gasteiger partial charge in [0.15, 0.2) is 11.5 Å². The molecule has 126 valence electrons. The highest BCUT2D eigenvalue weighted by atomic mass is 19.1. The Morgan fingerprint density at radius 1 is 1.08 bits per heavy atom. The van der Waals surface area contributed by atoms with Crippen molar-refractivity contribution in [2.24, 2.45) is 11.7 Å². The van der Waals surface area contributed by atoms with Crippen molar-refractivity contribution in [2.75, 3.05) is 0 Å². The van der Waals surface area contributed by atoms with Gasteiger partial charge in [0.1, 0.15) is 5.82 Å². The minimum absolute atomic E-state index is 0.0360. The largest absolute Gasteiger partial charge is 0.446 e. The topological polar surface area (TPSA) is 85.3 Å². The molecule has 1 aliphatic rings. The highest BCUT2D eigenvalue weighted by Crippen LogP contribution is 2.36. The Balaban J connectivity index is 1.81. The molecule has 0 saturated heterocycles. The molecule has 1 saturated carbocycles. The lowest BCUT2D eigenvalue weighted by Crippen LogP contribution is -2.32. The Hall–Kier alpha value is -2.63. The summed E-state index contributed by atoms with van der Waals surface area (Å²) in [6.45, 7) is 0. The summed E-state index contributed by atoms with van der Waals surface area (Å²) in [5, 5.41) is 2.96. The highest BCUT2D eigenvalue weighted by molar-refractivity contribution is 5.95. The maximum absolute atomic E-state index is 13.2. The monoisotopic (exact) mass is 330 g/mol. The van der Waals surface area contributed by atoms with E-state index in [1.165, 1.54) is 24.3 Å². The number of carbonyl (C=O) groups excluding carboxylic acids is 2. The van der Waals surface area contributed by atoms with Gasteiger partial charge in [0.25, 0.3) is 11.8 Å². The molecule has 0 radical (unpaired) electrons. The van der Waals surface area contributed by atoms with Crippen molar-refractivity contribution in [1.29, 1.82) is 0 Å². The Morgan fingerprint density at radius 2 is 1.71 bits per heavy atom. The van der Waals surface area contributed by atoms with Crippen LogP contribution in [0.2, 0.25) is 0 Å². The first-order valence-corrected chi connectivity index (χ1v) is 8.00. The smallest absolute Gasteiger partial charge is 0.287 e. The van der Waals surface area contributed by atoms with Crippen LogP contribution in [0.1, 0.15) is 58.4 Å². The number of nitrogens with two attached hydrogens (primary N) is 1. The number of furan rings is 1. The fourth-order valence-corrected chi connectivity index (χ4v) is 3.24. The van der Waals surface area contributed by atoms with E-state index in [0.29, 0.717) is 5.92 Å². The summed E-state index contributed by atoms with van der Waals surface area (Å²) in [7, 11) is 0. The second kappa shape index (κ2) is 6.86. The number of rotatable bonds is 5. The number of benzene rings is 1. The summed E-state index contributed by atoms with van der Waals surface area (Å²) in [6.07, 6.45) is 4.25.